The second kappa shape index (κ2) is 5.60. The predicted octanol–water partition coefficient (Wildman–Crippen LogP) is 2.94. The lowest BCUT2D eigenvalue weighted by molar-refractivity contribution is 0.0760. The molecule has 0 unspecified atom stereocenters. The molecule has 0 aromatic heterocycles. The van der Waals surface area contributed by atoms with Gasteiger partial charge in [-0.25, -0.2) is 0 Å². The number of hydrogen-bond acceptors (Lipinski definition) is 2. The molecule has 108 valence electrons. The average Bonchev–Trinajstić information content (AvgIpc) is 2.69. The van der Waals surface area contributed by atoms with Crippen molar-refractivity contribution in [1.29, 1.82) is 0 Å². The Morgan fingerprint density at radius 1 is 1.05 bits per heavy atom. The molecule has 0 bridgehead atoms. The van der Waals surface area contributed by atoms with Crippen molar-refractivity contribution < 1.29 is 9.90 Å². The highest BCUT2D eigenvalue weighted by atomic mass is 16.3. The Kier molecular flexibility index (Phi) is 3.65. The molecule has 21 heavy (non-hydrogen) atoms. The van der Waals surface area contributed by atoms with Crippen LogP contribution in [-0.4, -0.2) is 29.0 Å². The summed E-state index contributed by atoms with van der Waals surface area (Å²) in [6.07, 6.45) is 1.74. The van der Waals surface area contributed by atoms with Crippen LogP contribution in [-0.2, 0) is 12.8 Å². The molecule has 1 aliphatic heterocycles. The Balaban J connectivity index is 1.81. The third-order valence-electron chi connectivity index (χ3n) is 4.09. The number of benzene rings is 2. The van der Waals surface area contributed by atoms with Gasteiger partial charge in [0.1, 0.15) is 5.75 Å². The third kappa shape index (κ3) is 2.77. The number of fused-ring (bicyclic) bond motifs is 1. The van der Waals surface area contributed by atoms with Gasteiger partial charge < -0.3 is 10.0 Å². The monoisotopic (exact) mass is 281 g/mol. The van der Waals surface area contributed by atoms with Crippen LogP contribution >= 0.6 is 0 Å². The van der Waals surface area contributed by atoms with Crippen LogP contribution in [0.5, 0.6) is 5.75 Å². The van der Waals surface area contributed by atoms with E-state index < -0.39 is 0 Å². The fraction of sp³-hybridized carbons (Fsp3) is 0.278. The molecule has 3 heteroatoms. The highest BCUT2D eigenvalue weighted by Crippen LogP contribution is 2.22. The Labute approximate surface area is 124 Å². The molecule has 0 saturated heterocycles. The van der Waals surface area contributed by atoms with Crippen molar-refractivity contribution in [3.63, 3.8) is 0 Å². The van der Waals surface area contributed by atoms with Crippen molar-refractivity contribution in [2.75, 3.05) is 13.1 Å². The first-order valence-electron chi connectivity index (χ1n) is 7.31. The minimum absolute atomic E-state index is 0.0711. The maximum absolute atomic E-state index is 12.6. The van der Waals surface area contributed by atoms with Crippen LogP contribution in [0.25, 0.3) is 0 Å². The van der Waals surface area contributed by atoms with Crippen molar-refractivity contribution in [3.05, 3.63) is 64.7 Å². The highest BCUT2D eigenvalue weighted by molar-refractivity contribution is 5.97. The molecule has 3 nitrogen and oxygen atoms in total. The van der Waals surface area contributed by atoms with Crippen LogP contribution in [0, 0.1) is 6.92 Å². The van der Waals surface area contributed by atoms with Crippen LogP contribution in [0.4, 0.5) is 0 Å². The lowest BCUT2D eigenvalue weighted by atomic mass is 10.0. The van der Waals surface area contributed by atoms with Crippen molar-refractivity contribution in [1.82, 2.24) is 4.90 Å². The van der Waals surface area contributed by atoms with E-state index in [0.29, 0.717) is 18.7 Å². The first-order chi connectivity index (χ1) is 10.1. The molecular formula is C18H19NO2. The van der Waals surface area contributed by atoms with Gasteiger partial charge in [-0.05, 0) is 48.6 Å². The minimum atomic E-state index is -0.0830. The first kappa shape index (κ1) is 13.7. The molecule has 1 heterocycles. The summed E-state index contributed by atoms with van der Waals surface area (Å²) >= 11 is 0. The molecule has 1 aliphatic rings. The summed E-state index contributed by atoms with van der Waals surface area (Å²) in [6, 6.07) is 13.6. The van der Waals surface area contributed by atoms with Gasteiger partial charge in [0.05, 0.1) is 5.56 Å². The summed E-state index contributed by atoms with van der Waals surface area (Å²) in [5, 5.41) is 9.99. The fourth-order valence-electron chi connectivity index (χ4n) is 2.86. The van der Waals surface area contributed by atoms with Crippen molar-refractivity contribution in [2.24, 2.45) is 0 Å². The van der Waals surface area contributed by atoms with Gasteiger partial charge in [-0.15, -0.1) is 0 Å². The molecule has 0 spiro atoms. The van der Waals surface area contributed by atoms with Gasteiger partial charge in [0.25, 0.3) is 5.91 Å². The van der Waals surface area contributed by atoms with E-state index in [2.05, 4.69) is 12.1 Å². The molecule has 1 N–H and O–H groups in total. The van der Waals surface area contributed by atoms with E-state index in [9.17, 15) is 9.90 Å². The highest BCUT2D eigenvalue weighted by Gasteiger charge is 2.21. The van der Waals surface area contributed by atoms with Gasteiger partial charge in [0, 0.05) is 13.1 Å². The van der Waals surface area contributed by atoms with Gasteiger partial charge in [-0.2, -0.15) is 0 Å². The van der Waals surface area contributed by atoms with E-state index in [1.54, 1.807) is 12.1 Å². The Morgan fingerprint density at radius 2 is 1.67 bits per heavy atom. The summed E-state index contributed by atoms with van der Waals surface area (Å²) in [7, 11) is 0. The average molecular weight is 281 g/mol. The van der Waals surface area contributed by atoms with Gasteiger partial charge in [-0.1, -0.05) is 30.3 Å². The van der Waals surface area contributed by atoms with Gasteiger partial charge in [0.15, 0.2) is 0 Å². The Bertz CT molecular complexity index is 652. The Morgan fingerprint density at radius 3 is 2.24 bits per heavy atom. The van der Waals surface area contributed by atoms with Crippen molar-refractivity contribution in [3.8, 4) is 5.75 Å². The Hall–Kier alpha value is -2.29. The smallest absolute Gasteiger partial charge is 0.257 e. The summed E-state index contributed by atoms with van der Waals surface area (Å²) in [4.78, 5) is 14.4. The van der Waals surface area contributed by atoms with Crippen molar-refractivity contribution >= 4 is 5.91 Å². The topological polar surface area (TPSA) is 40.5 Å². The molecule has 0 aliphatic carbocycles. The molecule has 1 amide bonds. The zero-order valence-electron chi connectivity index (χ0n) is 12.2. The summed E-state index contributed by atoms with van der Waals surface area (Å²) < 4.78 is 0. The number of nitrogens with zero attached hydrogens (tertiary/aromatic N) is 1. The quantitative estimate of drug-likeness (QED) is 0.873. The lowest BCUT2D eigenvalue weighted by Gasteiger charge is -2.21. The normalized spacial score (nSPS) is 14.4. The first-order valence-corrected chi connectivity index (χ1v) is 7.31. The largest absolute Gasteiger partial charge is 0.507 e. The summed E-state index contributed by atoms with van der Waals surface area (Å²) in [5.74, 6) is -0.0120. The molecule has 0 atom stereocenters. The summed E-state index contributed by atoms with van der Waals surface area (Å²) in [6.45, 7) is 3.29. The number of carbonyl (C=O) groups excluding carboxylic acids is 1. The number of phenolic OH excluding ortho intramolecular Hbond substituents is 1. The van der Waals surface area contributed by atoms with Crippen LogP contribution in [0.15, 0.2) is 42.5 Å². The van der Waals surface area contributed by atoms with Crippen LogP contribution in [0.3, 0.4) is 0 Å². The molecular weight excluding hydrogens is 262 g/mol. The van der Waals surface area contributed by atoms with Crippen LogP contribution in [0.2, 0.25) is 0 Å². The van der Waals surface area contributed by atoms with E-state index in [0.717, 1.165) is 18.4 Å². The predicted molar refractivity (Wildman–Crippen MR) is 82.6 cm³/mol. The third-order valence-corrected chi connectivity index (χ3v) is 4.09. The van der Waals surface area contributed by atoms with Gasteiger partial charge in [0.2, 0.25) is 0 Å². The number of aromatic hydroxyl groups is 1. The van der Waals surface area contributed by atoms with E-state index in [-0.39, 0.29) is 11.7 Å². The maximum atomic E-state index is 12.6. The van der Waals surface area contributed by atoms with E-state index >= 15 is 0 Å². The van der Waals surface area contributed by atoms with Gasteiger partial charge >= 0.3 is 0 Å². The molecule has 0 saturated carbocycles. The molecule has 0 fully saturated rings. The van der Waals surface area contributed by atoms with Gasteiger partial charge in [-0.3, -0.25) is 4.79 Å². The molecule has 2 aromatic carbocycles. The lowest BCUT2D eigenvalue weighted by Crippen LogP contribution is -2.33. The standard InChI is InChI=1S/C18H19NO2/c1-13-6-7-16(17(20)12-13)18(21)19-10-8-14-4-2-3-5-15(14)9-11-19/h2-7,12,20H,8-11H2,1H3. The molecule has 2 aromatic rings. The number of phenols is 1. The SMILES string of the molecule is Cc1ccc(C(=O)N2CCc3ccccc3CC2)c(O)c1. The number of aryl methyl sites for hydroxylation is 1. The number of rotatable bonds is 1. The van der Waals surface area contributed by atoms with E-state index in [4.69, 9.17) is 0 Å². The zero-order valence-corrected chi connectivity index (χ0v) is 12.2. The number of amides is 1. The number of hydrogen-bond donors (Lipinski definition) is 1. The fourth-order valence-corrected chi connectivity index (χ4v) is 2.86. The van der Waals surface area contributed by atoms with E-state index in [1.165, 1.54) is 11.1 Å². The van der Waals surface area contributed by atoms with E-state index in [1.807, 2.05) is 30.0 Å². The maximum Gasteiger partial charge on any atom is 0.257 e. The van der Waals surface area contributed by atoms with Crippen LogP contribution in [0.1, 0.15) is 27.0 Å². The molecule has 0 radical (unpaired) electrons. The van der Waals surface area contributed by atoms with Crippen molar-refractivity contribution in [2.45, 2.75) is 19.8 Å². The summed E-state index contributed by atoms with van der Waals surface area (Å²) in [5.41, 5.74) is 3.99. The second-order valence-electron chi connectivity index (χ2n) is 5.58. The number of carbonyl (C=O) groups is 1. The zero-order chi connectivity index (χ0) is 14.8. The molecule has 3 rings (SSSR count). The second-order valence-corrected chi connectivity index (χ2v) is 5.58. The van der Waals surface area contributed by atoms with Crippen LogP contribution < -0.4 is 0 Å². The minimum Gasteiger partial charge on any atom is -0.507 e.